The Labute approximate surface area is 277 Å². The number of amides is 2. The Bertz CT molecular complexity index is 1620. The topological polar surface area (TPSA) is 90.4 Å². The van der Waals surface area contributed by atoms with Gasteiger partial charge in [0, 0.05) is 36.4 Å². The number of methoxy groups -OCH3 is 1. The number of halogens is 1. The van der Waals surface area contributed by atoms with E-state index in [2.05, 4.69) is 51.5 Å². The summed E-state index contributed by atoms with van der Waals surface area (Å²) in [6.07, 6.45) is 3.93. The van der Waals surface area contributed by atoms with E-state index < -0.39 is 26.7 Å². The van der Waals surface area contributed by atoms with Gasteiger partial charge in [-0.05, 0) is 53.4 Å². The molecule has 2 atom stereocenters. The molecule has 1 aromatic heterocycles. The number of benzene rings is 2. The highest BCUT2D eigenvalue weighted by atomic mass is 35.5. The van der Waals surface area contributed by atoms with Gasteiger partial charge >= 0.3 is 6.09 Å². The molecule has 46 heavy (non-hydrogen) atoms. The number of pyridine rings is 1. The molecule has 0 fully saturated rings. The molecule has 3 heterocycles. The molecule has 2 aliphatic heterocycles. The number of alkyl halides is 1. The predicted octanol–water partition coefficient (Wildman–Crippen LogP) is 7.47. The first-order chi connectivity index (χ1) is 21.9. The molecule has 0 saturated heterocycles. The third-order valence-electron chi connectivity index (χ3n) is 9.05. The van der Waals surface area contributed by atoms with E-state index >= 15 is 0 Å². The second kappa shape index (κ2) is 13.5. The van der Waals surface area contributed by atoms with Crippen molar-refractivity contribution in [2.45, 2.75) is 76.6 Å². The standard InChI is InChI=1S/C35H42ClN3O6Si/c1-8-13-43-34(41)39-28-17-31(44-22-24-14-23(18-36)19-37-20-24)30(42-5)16-27(28)32(40)38-21-26-12-10-9-11-25(26)15-29(38)33(39)45-46(6,7)35(2,3)4/h8-12,14,16-17,19-20,29,33H,1,13,15,18,21-22H2,2-7H3/t29-,33?/m0/s1. The van der Waals surface area contributed by atoms with Gasteiger partial charge in [0.05, 0.1) is 24.4 Å². The van der Waals surface area contributed by atoms with Crippen LogP contribution in [-0.4, -0.2) is 56.2 Å². The van der Waals surface area contributed by atoms with Crippen LogP contribution in [0.15, 0.2) is 67.5 Å². The van der Waals surface area contributed by atoms with Crippen molar-refractivity contribution in [3.8, 4) is 11.5 Å². The number of rotatable bonds is 9. The molecule has 2 aromatic carbocycles. The van der Waals surface area contributed by atoms with Gasteiger partial charge in [-0.1, -0.05) is 57.7 Å². The number of aromatic nitrogens is 1. The Balaban J connectivity index is 1.68. The number of ether oxygens (including phenoxy) is 3. The second-order valence-corrected chi connectivity index (χ2v) is 18.1. The van der Waals surface area contributed by atoms with Crippen LogP contribution in [0.25, 0.3) is 0 Å². The number of hydrogen-bond donors (Lipinski definition) is 0. The van der Waals surface area contributed by atoms with Crippen molar-refractivity contribution in [3.05, 3.63) is 95.3 Å². The molecule has 0 aliphatic carbocycles. The van der Waals surface area contributed by atoms with Gasteiger partial charge in [-0.25, -0.2) is 9.69 Å². The van der Waals surface area contributed by atoms with Crippen molar-refractivity contribution in [3.63, 3.8) is 0 Å². The third kappa shape index (κ3) is 6.65. The highest BCUT2D eigenvalue weighted by Gasteiger charge is 2.50. The maximum atomic E-state index is 14.6. The average Bonchev–Trinajstić information content (AvgIpc) is 3.12. The van der Waals surface area contributed by atoms with E-state index in [1.807, 2.05) is 29.2 Å². The summed E-state index contributed by atoms with van der Waals surface area (Å²) in [6.45, 7) is 15.0. The van der Waals surface area contributed by atoms with Crippen LogP contribution in [0.4, 0.5) is 10.5 Å². The van der Waals surface area contributed by atoms with Gasteiger partial charge in [-0.2, -0.15) is 0 Å². The van der Waals surface area contributed by atoms with Gasteiger partial charge in [-0.15, -0.1) is 11.6 Å². The van der Waals surface area contributed by atoms with Crippen LogP contribution in [0.3, 0.4) is 0 Å². The molecule has 3 aromatic rings. The van der Waals surface area contributed by atoms with Gasteiger partial charge in [0.1, 0.15) is 13.2 Å². The van der Waals surface area contributed by atoms with Crippen LogP contribution in [-0.2, 0) is 34.6 Å². The van der Waals surface area contributed by atoms with E-state index in [9.17, 15) is 9.59 Å². The predicted molar refractivity (Wildman–Crippen MR) is 181 cm³/mol. The minimum Gasteiger partial charge on any atom is -0.493 e. The molecule has 2 amide bonds. The monoisotopic (exact) mass is 663 g/mol. The van der Waals surface area contributed by atoms with Crippen molar-refractivity contribution >= 4 is 37.6 Å². The molecule has 2 aliphatic rings. The minimum absolute atomic E-state index is 0.00787. The van der Waals surface area contributed by atoms with Crippen molar-refractivity contribution in [1.82, 2.24) is 9.88 Å². The summed E-state index contributed by atoms with van der Waals surface area (Å²) in [4.78, 5) is 36.3. The summed E-state index contributed by atoms with van der Waals surface area (Å²) in [7, 11) is -1.01. The lowest BCUT2D eigenvalue weighted by Gasteiger charge is -2.47. The first-order valence-corrected chi connectivity index (χ1v) is 18.8. The Hall–Kier alpha value is -3.86. The molecule has 0 radical (unpaired) electrons. The summed E-state index contributed by atoms with van der Waals surface area (Å²) in [5.41, 5.74) is 4.45. The van der Waals surface area contributed by atoms with Crippen LogP contribution < -0.4 is 14.4 Å². The first-order valence-electron chi connectivity index (χ1n) is 15.3. The van der Waals surface area contributed by atoms with Crippen LogP contribution in [0.2, 0.25) is 18.1 Å². The molecular weight excluding hydrogens is 622 g/mol. The number of nitrogens with zero attached hydrogens (tertiary/aromatic N) is 3. The van der Waals surface area contributed by atoms with Crippen molar-refractivity contribution < 1.29 is 28.2 Å². The number of hydrogen-bond acceptors (Lipinski definition) is 7. The fourth-order valence-corrected chi connectivity index (χ4v) is 6.91. The molecule has 0 N–H and O–H groups in total. The number of carbonyl (C=O) groups is 2. The Morgan fingerprint density at radius 3 is 2.50 bits per heavy atom. The molecule has 1 unspecified atom stereocenters. The maximum absolute atomic E-state index is 14.6. The lowest BCUT2D eigenvalue weighted by atomic mass is 9.93. The van der Waals surface area contributed by atoms with Gasteiger partial charge < -0.3 is 23.5 Å². The number of fused-ring (bicyclic) bond motifs is 3. The van der Waals surface area contributed by atoms with Gasteiger partial charge in [-0.3, -0.25) is 9.78 Å². The zero-order valence-corrected chi connectivity index (χ0v) is 29.1. The summed E-state index contributed by atoms with van der Waals surface area (Å²) >= 11 is 6.02. The zero-order valence-electron chi connectivity index (χ0n) is 27.3. The fraction of sp³-hybridized carbons (Fsp3) is 0.400. The molecule has 244 valence electrons. The molecule has 0 bridgehead atoms. The SMILES string of the molecule is C=CCOC(=O)N1c2cc(OCc3cncc(CCl)c3)c(OC)cc2C(=O)N2Cc3ccccc3C[C@H]2C1O[Si](C)(C)C(C)(C)C. The molecule has 0 spiro atoms. The summed E-state index contributed by atoms with van der Waals surface area (Å²) in [5.74, 6) is 0.789. The normalized spacial score (nSPS) is 17.8. The van der Waals surface area contributed by atoms with Gasteiger partial charge in [0.2, 0.25) is 0 Å². The lowest BCUT2D eigenvalue weighted by molar-refractivity contribution is 0.0338. The van der Waals surface area contributed by atoms with Crippen molar-refractivity contribution in [2.24, 2.45) is 0 Å². The first kappa shape index (κ1) is 33.5. The van der Waals surface area contributed by atoms with Gasteiger partial charge in [0.15, 0.2) is 26.0 Å². The minimum atomic E-state index is -2.53. The van der Waals surface area contributed by atoms with Crippen LogP contribution in [0.5, 0.6) is 11.5 Å². The zero-order chi connectivity index (χ0) is 33.2. The highest BCUT2D eigenvalue weighted by molar-refractivity contribution is 6.74. The van der Waals surface area contributed by atoms with E-state index in [0.29, 0.717) is 36.0 Å². The average molecular weight is 664 g/mol. The largest absolute Gasteiger partial charge is 0.493 e. The van der Waals surface area contributed by atoms with E-state index in [0.717, 1.165) is 22.3 Å². The third-order valence-corrected chi connectivity index (χ3v) is 13.8. The summed E-state index contributed by atoms with van der Waals surface area (Å²) in [6, 6.07) is 12.8. The summed E-state index contributed by atoms with van der Waals surface area (Å²) < 4.78 is 24.8. The quantitative estimate of drug-likeness (QED) is 0.133. The number of carbonyl (C=O) groups excluding carboxylic acids is 2. The van der Waals surface area contributed by atoms with Crippen LogP contribution in [0, 0.1) is 0 Å². The van der Waals surface area contributed by atoms with E-state index in [4.69, 9.17) is 30.2 Å². The fourth-order valence-electron chi connectivity index (χ4n) is 5.55. The van der Waals surface area contributed by atoms with E-state index in [1.165, 1.54) is 18.1 Å². The number of anilines is 1. The Morgan fingerprint density at radius 2 is 1.83 bits per heavy atom. The highest BCUT2D eigenvalue weighted by Crippen LogP contribution is 2.45. The van der Waals surface area contributed by atoms with Crippen LogP contribution in [0.1, 0.15) is 53.4 Å². The molecule has 0 saturated carbocycles. The Morgan fingerprint density at radius 1 is 1.11 bits per heavy atom. The molecule has 5 rings (SSSR count). The smallest absolute Gasteiger partial charge is 0.416 e. The van der Waals surface area contributed by atoms with Crippen LogP contribution >= 0.6 is 11.6 Å². The van der Waals surface area contributed by atoms with Gasteiger partial charge in [0.25, 0.3) is 5.91 Å². The lowest BCUT2D eigenvalue weighted by Crippen LogP contribution is -2.60. The summed E-state index contributed by atoms with van der Waals surface area (Å²) in [5, 5.41) is -0.181. The molecule has 11 heteroatoms. The van der Waals surface area contributed by atoms with Crippen molar-refractivity contribution in [2.75, 3.05) is 18.6 Å². The van der Waals surface area contributed by atoms with Crippen molar-refractivity contribution in [1.29, 1.82) is 0 Å². The molecular formula is C35H42ClN3O6Si. The van der Waals surface area contributed by atoms with E-state index in [-0.39, 0.29) is 29.7 Å². The molecule has 9 nitrogen and oxygen atoms in total. The maximum Gasteiger partial charge on any atom is 0.416 e. The van der Waals surface area contributed by atoms with E-state index in [1.54, 1.807) is 24.5 Å². The Kier molecular flexibility index (Phi) is 9.81. The second-order valence-electron chi connectivity index (χ2n) is 13.1.